The maximum absolute atomic E-state index is 9.78. The van der Waals surface area contributed by atoms with Gasteiger partial charge in [0.15, 0.2) is 0 Å². The lowest BCUT2D eigenvalue weighted by molar-refractivity contribution is -0.00581. The van der Waals surface area contributed by atoms with Gasteiger partial charge in [-0.3, -0.25) is 4.90 Å². The molecule has 0 aromatic carbocycles. The Hall–Kier alpha value is -0.840. The Morgan fingerprint density at radius 2 is 2.43 bits per heavy atom. The van der Waals surface area contributed by atoms with Gasteiger partial charge in [0.2, 0.25) is 0 Å². The molecule has 2 rings (SSSR count). The molecular formula is C10H15NO3. The number of hydrogen-bond acceptors (Lipinski definition) is 4. The number of rotatable bonds is 3. The van der Waals surface area contributed by atoms with Crippen molar-refractivity contribution in [2.24, 2.45) is 0 Å². The van der Waals surface area contributed by atoms with Crippen molar-refractivity contribution in [2.75, 3.05) is 19.7 Å². The Labute approximate surface area is 82.8 Å². The molecule has 1 fully saturated rings. The molecule has 1 aliphatic heterocycles. The van der Waals surface area contributed by atoms with E-state index in [0.29, 0.717) is 13.0 Å². The standard InChI is InChI=1S/C10H15NO3/c12-8-10(13)2-3-11(7-10)5-9-1-4-14-6-9/h1,4,6,12-13H,2-3,5,7-8H2. The minimum Gasteiger partial charge on any atom is -0.472 e. The summed E-state index contributed by atoms with van der Waals surface area (Å²) >= 11 is 0. The first-order valence-corrected chi connectivity index (χ1v) is 4.78. The maximum Gasteiger partial charge on any atom is 0.102 e. The van der Waals surface area contributed by atoms with E-state index in [1.165, 1.54) is 0 Å². The molecule has 1 aromatic rings. The summed E-state index contributed by atoms with van der Waals surface area (Å²) < 4.78 is 4.96. The topological polar surface area (TPSA) is 56.8 Å². The van der Waals surface area contributed by atoms with Crippen LogP contribution in [-0.4, -0.2) is 40.4 Å². The van der Waals surface area contributed by atoms with Gasteiger partial charge in [0.25, 0.3) is 0 Å². The molecule has 1 unspecified atom stereocenters. The van der Waals surface area contributed by atoms with Crippen LogP contribution in [0.15, 0.2) is 23.0 Å². The summed E-state index contributed by atoms with van der Waals surface area (Å²) in [5, 5.41) is 18.8. The zero-order chi connectivity index (χ0) is 10.0. The Kier molecular flexibility index (Phi) is 2.58. The quantitative estimate of drug-likeness (QED) is 0.727. The minimum atomic E-state index is -0.899. The van der Waals surface area contributed by atoms with Gasteiger partial charge in [0, 0.05) is 25.2 Å². The summed E-state index contributed by atoms with van der Waals surface area (Å²) in [6.45, 7) is 1.98. The van der Waals surface area contributed by atoms with Crippen LogP contribution >= 0.6 is 0 Å². The monoisotopic (exact) mass is 197 g/mol. The second kappa shape index (κ2) is 3.73. The number of hydrogen-bond donors (Lipinski definition) is 2. The van der Waals surface area contributed by atoms with E-state index in [4.69, 9.17) is 9.52 Å². The third kappa shape index (κ3) is 1.97. The summed E-state index contributed by atoms with van der Waals surface area (Å²) in [6.07, 6.45) is 3.99. The highest BCUT2D eigenvalue weighted by Crippen LogP contribution is 2.22. The van der Waals surface area contributed by atoms with Gasteiger partial charge >= 0.3 is 0 Å². The Morgan fingerprint density at radius 1 is 1.57 bits per heavy atom. The Morgan fingerprint density at radius 3 is 3.00 bits per heavy atom. The van der Waals surface area contributed by atoms with Crippen LogP contribution in [0.25, 0.3) is 0 Å². The molecule has 0 spiro atoms. The summed E-state index contributed by atoms with van der Waals surface area (Å²) in [5.74, 6) is 0. The highest BCUT2D eigenvalue weighted by Gasteiger charge is 2.35. The number of likely N-dealkylation sites (tertiary alicyclic amines) is 1. The van der Waals surface area contributed by atoms with Gasteiger partial charge in [-0.05, 0) is 12.5 Å². The van der Waals surface area contributed by atoms with Crippen LogP contribution in [0.3, 0.4) is 0 Å². The van der Waals surface area contributed by atoms with E-state index in [2.05, 4.69) is 4.90 Å². The first kappa shape index (κ1) is 9.71. The molecule has 0 amide bonds. The number of aliphatic hydroxyl groups is 2. The fraction of sp³-hybridized carbons (Fsp3) is 0.600. The third-order valence-corrected chi connectivity index (χ3v) is 2.69. The first-order chi connectivity index (χ1) is 6.72. The highest BCUT2D eigenvalue weighted by molar-refractivity contribution is 5.06. The van der Waals surface area contributed by atoms with E-state index >= 15 is 0 Å². The largest absolute Gasteiger partial charge is 0.472 e. The lowest BCUT2D eigenvalue weighted by Crippen LogP contribution is -2.36. The molecule has 4 nitrogen and oxygen atoms in total. The molecule has 4 heteroatoms. The average molecular weight is 197 g/mol. The fourth-order valence-electron chi connectivity index (χ4n) is 1.85. The van der Waals surface area contributed by atoms with E-state index in [0.717, 1.165) is 18.7 Å². The molecule has 0 saturated carbocycles. The minimum absolute atomic E-state index is 0.158. The molecule has 1 atom stereocenters. The zero-order valence-corrected chi connectivity index (χ0v) is 8.02. The van der Waals surface area contributed by atoms with E-state index in [1.54, 1.807) is 12.5 Å². The van der Waals surface area contributed by atoms with Crippen molar-refractivity contribution in [3.8, 4) is 0 Å². The Balaban J connectivity index is 1.90. The van der Waals surface area contributed by atoms with Gasteiger partial charge in [-0.2, -0.15) is 0 Å². The van der Waals surface area contributed by atoms with E-state index in [9.17, 15) is 5.11 Å². The first-order valence-electron chi connectivity index (χ1n) is 4.78. The lowest BCUT2D eigenvalue weighted by Gasteiger charge is -2.20. The number of nitrogens with zero attached hydrogens (tertiary/aromatic N) is 1. The molecule has 0 bridgehead atoms. The molecule has 14 heavy (non-hydrogen) atoms. The summed E-state index contributed by atoms with van der Waals surface area (Å²) in [7, 11) is 0. The molecule has 1 aliphatic rings. The molecular weight excluding hydrogens is 182 g/mol. The van der Waals surface area contributed by atoms with Crippen LogP contribution in [0.1, 0.15) is 12.0 Å². The molecule has 78 valence electrons. The molecule has 0 radical (unpaired) electrons. The van der Waals surface area contributed by atoms with Crippen molar-refractivity contribution in [3.63, 3.8) is 0 Å². The molecule has 0 aliphatic carbocycles. The van der Waals surface area contributed by atoms with Gasteiger partial charge in [0.1, 0.15) is 5.60 Å². The predicted octanol–water partition coefficient (Wildman–Crippen LogP) is 0.209. The van der Waals surface area contributed by atoms with Crippen LogP contribution < -0.4 is 0 Å². The maximum atomic E-state index is 9.78. The van der Waals surface area contributed by atoms with Crippen LogP contribution in [0, 0.1) is 0 Å². The highest BCUT2D eigenvalue weighted by atomic mass is 16.3. The summed E-state index contributed by atoms with van der Waals surface area (Å²) in [6, 6.07) is 1.91. The van der Waals surface area contributed by atoms with Crippen LogP contribution in [0.5, 0.6) is 0 Å². The number of aliphatic hydroxyl groups excluding tert-OH is 1. The van der Waals surface area contributed by atoms with Crippen molar-refractivity contribution in [2.45, 2.75) is 18.6 Å². The average Bonchev–Trinajstić information content (AvgIpc) is 2.78. The van der Waals surface area contributed by atoms with Gasteiger partial charge in [0.05, 0.1) is 19.1 Å². The SMILES string of the molecule is OCC1(O)CCN(Cc2ccoc2)C1. The summed E-state index contributed by atoms with van der Waals surface area (Å²) in [5.41, 5.74) is 0.205. The molecule has 1 aromatic heterocycles. The van der Waals surface area contributed by atoms with Gasteiger partial charge in [-0.1, -0.05) is 0 Å². The van der Waals surface area contributed by atoms with Gasteiger partial charge in [-0.25, -0.2) is 0 Å². The third-order valence-electron chi connectivity index (χ3n) is 2.69. The Bertz CT molecular complexity index is 286. The van der Waals surface area contributed by atoms with Crippen molar-refractivity contribution in [3.05, 3.63) is 24.2 Å². The smallest absolute Gasteiger partial charge is 0.102 e. The number of β-amino-alcohol motifs (C(OH)–C–C–N with tert-alkyl or cyclic N) is 1. The second-order valence-electron chi connectivity index (χ2n) is 3.97. The van der Waals surface area contributed by atoms with Crippen LogP contribution in [-0.2, 0) is 6.54 Å². The lowest BCUT2D eigenvalue weighted by atomic mass is 10.1. The van der Waals surface area contributed by atoms with Crippen molar-refractivity contribution >= 4 is 0 Å². The van der Waals surface area contributed by atoms with E-state index < -0.39 is 5.60 Å². The van der Waals surface area contributed by atoms with Gasteiger partial charge in [-0.15, -0.1) is 0 Å². The zero-order valence-electron chi connectivity index (χ0n) is 8.02. The summed E-state index contributed by atoms with van der Waals surface area (Å²) in [4.78, 5) is 2.11. The molecule has 2 N–H and O–H groups in total. The number of furan rings is 1. The van der Waals surface area contributed by atoms with Crippen molar-refractivity contribution in [1.29, 1.82) is 0 Å². The van der Waals surface area contributed by atoms with E-state index in [-0.39, 0.29) is 6.61 Å². The normalized spacial score (nSPS) is 28.4. The van der Waals surface area contributed by atoms with E-state index in [1.807, 2.05) is 6.07 Å². The molecule has 1 saturated heterocycles. The van der Waals surface area contributed by atoms with Gasteiger partial charge < -0.3 is 14.6 Å². The van der Waals surface area contributed by atoms with Crippen LogP contribution in [0.2, 0.25) is 0 Å². The predicted molar refractivity (Wildman–Crippen MR) is 50.6 cm³/mol. The van der Waals surface area contributed by atoms with Crippen molar-refractivity contribution in [1.82, 2.24) is 4.90 Å². The molecule has 2 heterocycles. The second-order valence-corrected chi connectivity index (χ2v) is 3.97. The fourth-order valence-corrected chi connectivity index (χ4v) is 1.85. The van der Waals surface area contributed by atoms with Crippen molar-refractivity contribution < 1.29 is 14.6 Å². The van der Waals surface area contributed by atoms with Crippen LogP contribution in [0.4, 0.5) is 0 Å².